The monoisotopic (exact) mass is 302 g/mol. The Kier molecular flexibility index (Phi) is 3.59. The quantitative estimate of drug-likeness (QED) is 0.867. The first-order chi connectivity index (χ1) is 10.5. The highest BCUT2D eigenvalue weighted by molar-refractivity contribution is 6.02. The van der Waals surface area contributed by atoms with Gasteiger partial charge in [0.2, 0.25) is 11.8 Å². The fourth-order valence-electron chi connectivity index (χ4n) is 3.61. The molecule has 0 unspecified atom stereocenters. The maximum Gasteiger partial charge on any atom is 0.236 e. The van der Waals surface area contributed by atoms with E-state index in [1.165, 1.54) is 0 Å². The highest BCUT2D eigenvalue weighted by atomic mass is 16.5. The Morgan fingerprint density at radius 2 is 2.05 bits per heavy atom. The summed E-state index contributed by atoms with van der Waals surface area (Å²) in [4.78, 5) is 27.1. The average molecular weight is 302 g/mol. The van der Waals surface area contributed by atoms with Gasteiger partial charge >= 0.3 is 0 Å². The number of hydrogen-bond donors (Lipinski definition) is 1. The van der Waals surface area contributed by atoms with Crippen molar-refractivity contribution in [2.45, 2.75) is 38.8 Å². The van der Waals surface area contributed by atoms with Crippen LogP contribution in [0.4, 0.5) is 0 Å². The van der Waals surface area contributed by atoms with E-state index in [2.05, 4.69) is 5.32 Å². The summed E-state index contributed by atoms with van der Waals surface area (Å²) < 4.78 is 5.95. The number of carbonyl (C=O) groups excluding carboxylic acids is 2. The Labute approximate surface area is 130 Å². The van der Waals surface area contributed by atoms with Crippen molar-refractivity contribution in [2.24, 2.45) is 5.92 Å². The number of rotatable bonds is 3. The summed E-state index contributed by atoms with van der Waals surface area (Å²) >= 11 is 0. The standard InChI is InChI=1S/C17H22N2O3/c1-4-19(5-2)16(21)14-12-10-17(3,18-15(14)20)22-13-9-7-6-8-11(12)13/h6-9,12,14H,4-5,10H2,1-3H3,(H,18,20)/t12-,14-,17-/m0/s1. The lowest BCUT2D eigenvalue weighted by molar-refractivity contribution is -0.152. The van der Waals surface area contributed by atoms with E-state index in [9.17, 15) is 9.59 Å². The molecule has 118 valence electrons. The van der Waals surface area contributed by atoms with E-state index in [4.69, 9.17) is 4.74 Å². The van der Waals surface area contributed by atoms with Gasteiger partial charge in [0.05, 0.1) is 0 Å². The maximum absolute atomic E-state index is 12.8. The molecule has 0 spiro atoms. The lowest BCUT2D eigenvalue weighted by Crippen LogP contribution is -2.63. The van der Waals surface area contributed by atoms with Gasteiger partial charge in [0.25, 0.3) is 0 Å². The van der Waals surface area contributed by atoms with E-state index < -0.39 is 11.6 Å². The molecule has 1 fully saturated rings. The minimum Gasteiger partial charge on any atom is -0.468 e. The molecule has 22 heavy (non-hydrogen) atoms. The number of fused-ring (bicyclic) bond motifs is 4. The molecule has 5 nitrogen and oxygen atoms in total. The molecule has 0 saturated carbocycles. The summed E-state index contributed by atoms with van der Waals surface area (Å²) in [6.45, 7) is 6.96. The van der Waals surface area contributed by atoms with Crippen LogP contribution in [0.2, 0.25) is 0 Å². The first kappa shape index (κ1) is 14.9. The van der Waals surface area contributed by atoms with Gasteiger partial charge in [-0.2, -0.15) is 0 Å². The number of amides is 2. The van der Waals surface area contributed by atoms with E-state index in [0.717, 1.165) is 11.3 Å². The number of piperidine rings is 1. The van der Waals surface area contributed by atoms with E-state index in [0.29, 0.717) is 19.5 Å². The van der Waals surface area contributed by atoms with Crippen LogP contribution in [0.1, 0.15) is 38.7 Å². The summed E-state index contributed by atoms with van der Waals surface area (Å²) in [5, 5.41) is 2.89. The molecule has 0 aromatic heterocycles. The summed E-state index contributed by atoms with van der Waals surface area (Å²) in [6.07, 6.45) is 0.618. The van der Waals surface area contributed by atoms with Gasteiger partial charge in [-0.3, -0.25) is 9.59 Å². The molecule has 3 rings (SSSR count). The van der Waals surface area contributed by atoms with Crippen molar-refractivity contribution in [3.63, 3.8) is 0 Å². The fraction of sp³-hybridized carbons (Fsp3) is 0.529. The van der Waals surface area contributed by atoms with Crippen molar-refractivity contribution in [1.29, 1.82) is 0 Å². The molecule has 2 aliphatic rings. The van der Waals surface area contributed by atoms with Crippen LogP contribution in [0.15, 0.2) is 24.3 Å². The third-order valence-electron chi connectivity index (χ3n) is 4.68. The molecular weight excluding hydrogens is 280 g/mol. The van der Waals surface area contributed by atoms with Crippen molar-refractivity contribution >= 4 is 11.8 Å². The molecule has 2 aliphatic heterocycles. The number of hydrogen-bond acceptors (Lipinski definition) is 3. The molecule has 5 heteroatoms. The summed E-state index contributed by atoms with van der Waals surface area (Å²) in [5.41, 5.74) is 0.233. The molecule has 2 heterocycles. The predicted molar refractivity (Wildman–Crippen MR) is 82.4 cm³/mol. The third-order valence-corrected chi connectivity index (χ3v) is 4.68. The van der Waals surface area contributed by atoms with Crippen LogP contribution in [-0.4, -0.2) is 35.5 Å². The minimum absolute atomic E-state index is 0.0914. The number of carbonyl (C=O) groups is 2. The Morgan fingerprint density at radius 1 is 1.36 bits per heavy atom. The largest absolute Gasteiger partial charge is 0.468 e. The highest BCUT2D eigenvalue weighted by Crippen LogP contribution is 2.46. The molecule has 0 aliphatic carbocycles. The minimum atomic E-state index is -0.726. The second-order valence-electron chi connectivity index (χ2n) is 6.16. The van der Waals surface area contributed by atoms with Crippen molar-refractivity contribution in [3.05, 3.63) is 29.8 Å². The summed E-state index contributed by atoms with van der Waals surface area (Å²) in [7, 11) is 0. The zero-order valence-corrected chi connectivity index (χ0v) is 13.3. The second-order valence-corrected chi connectivity index (χ2v) is 6.16. The summed E-state index contributed by atoms with van der Waals surface area (Å²) in [6, 6.07) is 7.69. The van der Waals surface area contributed by atoms with Gasteiger partial charge in [-0.15, -0.1) is 0 Å². The van der Waals surface area contributed by atoms with E-state index in [1.807, 2.05) is 45.0 Å². The molecule has 1 N–H and O–H groups in total. The van der Waals surface area contributed by atoms with Gasteiger partial charge < -0.3 is 15.0 Å². The SMILES string of the molecule is CCN(CC)C(=O)[C@@H]1C(=O)N[C@]2(C)C[C@H]1c1ccccc1O2. The Balaban J connectivity index is 2.03. The van der Waals surface area contributed by atoms with Crippen LogP contribution < -0.4 is 10.1 Å². The molecule has 1 aromatic carbocycles. The number of para-hydroxylation sites is 1. The molecule has 0 radical (unpaired) electrons. The highest BCUT2D eigenvalue weighted by Gasteiger charge is 2.52. The molecule has 1 aromatic rings. The smallest absolute Gasteiger partial charge is 0.236 e. The zero-order valence-electron chi connectivity index (χ0n) is 13.3. The summed E-state index contributed by atoms with van der Waals surface area (Å²) in [5.74, 6) is -0.357. The number of nitrogens with zero attached hydrogens (tertiary/aromatic N) is 1. The average Bonchev–Trinajstić information content (AvgIpc) is 2.47. The van der Waals surface area contributed by atoms with Crippen LogP contribution >= 0.6 is 0 Å². The van der Waals surface area contributed by atoms with Crippen molar-refractivity contribution in [1.82, 2.24) is 10.2 Å². The van der Waals surface area contributed by atoms with Gasteiger partial charge in [-0.25, -0.2) is 0 Å². The predicted octanol–water partition coefficient (Wildman–Crippen LogP) is 1.88. The second kappa shape index (κ2) is 5.30. The first-order valence-corrected chi connectivity index (χ1v) is 7.88. The number of ether oxygens (including phenoxy) is 1. The van der Waals surface area contributed by atoms with Gasteiger partial charge in [0.1, 0.15) is 11.7 Å². The van der Waals surface area contributed by atoms with Crippen molar-refractivity contribution in [3.8, 4) is 5.75 Å². The lowest BCUT2D eigenvalue weighted by Gasteiger charge is -2.47. The topological polar surface area (TPSA) is 58.6 Å². The van der Waals surface area contributed by atoms with Crippen LogP contribution in [0.5, 0.6) is 5.75 Å². The van der Waals surface area contributed by atoms with Gasteiger partial charge in [-0.05, 0) is 32.4 Å². The van der Waals surface area contributed by atoms with E-state index >= 15 is 0 Å². The number of benzene rings is 1. The Bertz CT molecular complexity index is 612. The van der Waals surface area contributed by atoms with Gasteiger partial charge in [0.15, 0.2) is 5.72 Å². The lowest BCUT2D eigenvalue weighted by atomic mass is 9.74. The van der Waals surface area contributed by atoms with Crippen LogP contribution in [-0.2, 0) is 9.59 Å². The van der Waals surface area contributed by atoms with Crippen LogP contribution in [0.3, 0.4) is 0 Å². The normalized spacial score (nSPS) is 29.1. The molecule has 1 saturated heterocycles. The molecule has 2 bridgehead atoms. The van der Waals surface area contributed by atoms with Gasteiger partial charge in [-0.1, -0.05) is 18.2 Å². The van der Waals surface area contributed by atoms with E-state index in [1.54, 1.807) is 4.90 Å². The maximum atomic E-state index is 12.8. The van der Waals surface area contributed by atoms with Crippen LogP contribution in [0, 0.1) is 5.92 Å². The van der Waals surface area contributed by atoms with Crippen molar-refractivity contribution < 1.29 is 14.3 Å². The molecule has 3 atom stereocenters. The van der Waals surface area contributed by atoms with Crippen LogP contribution in [0.25, 0.3) is 0 Å². The third kappa shape index (κ3) is 2.25. The Morgan fingerprint density at radius 3 is 2.73 bits per heavy atom. The molecule has 2 amide bonds. The first-order valence-electron chi connectivity index (χ1n) is 7.88. The van der Waals surface area contributed by atoms with Gasteiger partial charge in [0, 0.05) is 25.4 Å². The zero-order chi connectivity index (χ0) is 15.9. The number of nitrogens with one attached hydrogen (secondary N) is 1. The van der Waals surface area contributed by atoms with E-state index in [-0.39, 0.29) is 17.7 Å². The fourth-order valence-corrected chi connectivity index (χ4v) is 3.61. The molecular formula is C17H22N2O3. The Hall–Kier alpha value is -2.04. The van der Waals surface area contributed by atoms with Crippen molar-refractivity contribution in [2.75, 3.05) is 13.1 Å².